The Labute approximate surface area is 128 Å². The minimum Gasteiger partial charge on any atom is -0.376 e. The van der Waals surface area contributed by atoms with Gasteiger partial charge in [-0.15, -0.1) is 0 Å². The zero-order valence-corrected chi connectivity index (χ0v) is 12.8. The predicted octanol–water partition coefficient (Wildman–Crippen LogP) is 1.39. The number of likely N-dealkylation sites (N-methyl/N-ethyl adjacent to an activating group) is 1. The Morgan fingerprint density at radius 3 is 3.05 bits per heavy atom. The first kappa shape index (κ1) is 16.8. The monoisotopic (exact) mass is 316 g/mol. The van der Waals surface area contributed by atoms with Crippen LogP contribution in [0.15, 0.2) is 12.4 Å². The summed E-state index contributed by atoms with van der Waals surface area (Å²) in [5, 5.41) is 2.84. The standard InChI is InChI=1S/C14H22F2N4O2/c1-10(13(21)18-8-11-4-3-7-22-11)19(2)9-12-17-5-6-20(12)14(15)16/h5-6,10-11,14H,3-4,7-9H2,1-2H3,(H,18,21)/t10-,11+/m0/s1. The molecule has 1 aromatic heterocycles. The molecule has 1 N–H and O–H groups in total. The molecule has 1 aliphatic rings. The van der Waals surface area contributed by atoms with Crippen molar-refractivity contribution in [3.8, 4) is 0 Å². The van der Waals surface area contributed by atoms with E-state index >= 15 is 0 Å². The smallest absolute Gasteiger partial charge is 0.319 e. The highest BCUT2D eigenvalue weighted by atomic mass is 19.3. The average molecular weight is 316 g/mol. The molecule has 0 aromatic carbocycles. The second-order valence-corrected chi connectivity index (χ2v) is 5.50. The van der Waals surface area contributed by atoms with Crippen LogP contribution in [0.25, 0.3) is 0 Å². The van der Waals surface area contributed by atoms with Crippen molar-refractivity contribution in [1.29, 1.82) is 0 Å². The molecular weight excluding hydrogens is 294 g/mol. The topological polar surface area (TPSA) is 59.4 Å². The molecule has 0 radical (unpaired) electrons. The van der Waals surface area contributed by atoms with Crippen LogP contribution >= 0.6 is 0 Å². The van der Waals surface area contributed by atoms with Gasteiger partial charge >= 0.3 is 6.55 Å². The van der Waals surface area contributed by atoms with Gasteiger partial charge in [0, 0.05) is 25.5 Å². The first-order valence-corrected chi connectivity index (χ1v) is 7.38. The molecule has 1 aromatic rings. The van der Waals surface area contributed by atoms with E-state index in [1.165, 1.54) is 12.4 Å². The van der Waals surface area contributed by atoms with Crippen molar-refractivity contribution in [3.05, 3.63) is 18.2 Å². The van der Waals surface area contributed by atoms with Gasteiger partial charge in [-0.1, -0.05) is 0 Å². The van der Waals surface area contributed by atoms with Crippen molar-refractivity contribution >= 4 is 5.91 Å². The Morgan fingerprint density at radius 1 is 1.64 bits per heavy atom. The number of hydrogen-bond acceptors (Lipinski definition) is 4. The summed E-state index contributed by atoms with van der Waals surface area (Å²) in [5.41, 5.74) is 0. The number of amides is 1. The van der Waals surface area contributed by atoms with E-state index in [0.717, 1.165) is 24.0 Å². The Balaban J connectivity index is 1.83. The van der Waals surface area contributed by atoms with Crippen LogP contribution in [-0.2, 0) is 16.1 Å². The number of ether oxygens (including phenoxy) is 1. The van der Waals surface area contributed by atoms with Crippen molar-refractivity contribution in [1.82, 2.24) is 19.8 Å². The highest BCUT2D eigenvalue weighted by molar-refractivity contribution is 5.81. The molecule has 0 bridgehead atoms. The van der Waals surface area contributed by atoms with E-state index in [1.54, 1.807) is 18.9 Å². The highest BCUT2D eigenvalue weighted by Gasteiger charge is 2.22. The molecule has 1 fully saturated rings. The van der Waals surface area contributed by atoms with Crippen molar-refractivity contribution in [2.24, 2.45) is 0 Å². The quantitative estimate of drug-likeness (QED) is 0.826. The summed E-state index contributed by atoms with van der Waals surface area (Å²) in [7, 11) is 1.71. The summed E-state index contributed by atoms with van der Waals surface area (Å²) in [4.78, 5) is 17.7. The molecule has 0 aliphatic carbocycles. The summed E-state index contributed by atoms with van der Waals surface area (Å²) < 4.78 is 31.8. The summed E-state index contributed by atoms with van der Waals surface area (Å²) in [5.74, 6) is 0.0874. The molecule has 22 heavy (non-hydrogen) atoms. The van der Waals surface area contributed by atoms with Gasteiger partial charge in [0.05, 0.1) is 18.7 Å². The van der Waals surface area contributed by atoms with Crippen molar-refractivity contribution in [2.75, 3.05) is 20.2 Å². The van der Waals surface area contributed by atoms with Crippen molar-refractivity contribution < 1.29 is 18.3 Å². The maximum Gasteiger partial charge on any atom is 0.319 e. The van der Waals surface area contributed by atoms with Crippen LogP contribution in [0.3, 0.4) is 0 Å². The second-order valence-electron chi connectivity index (χ2n) is 5.50. The lowest BCUT2D eigenvalue weighted by molar-refractivity contribution is -0.126. The van der Waals surface area contributed by atoms with Gasteiger partial charge in [-0.25, -0.2) is 4.98 Å². The number of halogens is 2. The molecule has 1 amide bonds. The molecule has 0 spiro atoms. The number of hydrogen-bond donors (Lipinski definition) is 1. The van der Waals surface area contributed by atoms with Gasteiger partial charge in [0.1, 0.15) is 5.82 Å². The first-order valence-electron chi connectivity index (χ1n) is 7.38. The van der Waals surface area contributed by atoms with E-state index in [-0.39, 0.29) is 24.4 Å². The van der Waals surface area contributed by atoms with Crippen molar-refractivity contribution in [2.45, 2.75) is 45.0 Å². The molecule has 1 saturated heterocycles. The Hall–Kier alpha value is -1.54. The first-order chi connectivity index (χ1) is 10.5. The van der Waals surface area contributed by atoms with E-state index in [0.29, 0.717) is 6.54 Å². The summed E-state index contributed by atoms with van der Waals surface area (Å²) >= 11 is 0. The largest absolute Gasteiger partial charge is 0.376 e. The van der Waals surface area contributed by atoms with Gasteiger partial charge in [-0.3, -0.25) is 14.3 Å². The lowest BCUT2D eigenvalue weighted by Crippen LogP contribution is -2.45. The van der Waals surface area contributed by atoms with Gasteiger partial charge in [-0.2, -0.15) is 8.78 Å². The molecule has 124 valence electrons. The fourth-order valence-electron chi connectivity index (χ4n) is 2.37. The van der Waals surface area contributed by atoms with E-state index in [1.807, 2.05) is 0 Å². The van der Waals surface area contributed by atoms with Crippen LogP contribution in [0.5, 0.6) is 0 Å². The lowest BCUT2D eigenvalue weighted by Gasteiger charge is -2.24. The third-order valence-corrected chi connectivity index (χ3v) is 3.92. The number of alkyl halides is 2. The van der Waals surface area contributed by atoms with Gasteiger partial charge in [-0.05, 0) is 26.8 Å². The van der Waals surface area contributed by atoms with E-state index in [2.05, 4.69) is 10.3 Å². The third-order valence-electron chi connectivity index (χ3n) is 3.92. The number of rotatable bonds is 7. The maximum absolute atomic E-state index is 12.8. The van der Waals surface area contributed by atoms with E-state index < -0.39 is 12.6 Å². The number of nitrogens with one attached hydrogen (secondary N) is 1. The minimum absolute atomic E-state index is 0.0826. The SMILES string of the molecule is C[C@@H](C(=O)NC[C@H]1CCCO1)N(C)Cc1nccn1C(F)F. The number of aromatic nitrogens is 2. The Bertz CT molecular complexity index is 489. The zero-order chi connectivity index (χ0) is 16.1. The fraction of sp³-hybridized carbons (Fsp3) is 0.714. The second kappa shape index (κ2) is 7.64. The number of imidazole rings is 1. The Morgan fingerprint density at radius 2 is 2.41 bits per heavy atom. The minimum atomic E-state index is -2.63. The average Bonchev–Trinajstić information content (AvgIpc) is 3.14. The molecule has 6 nitrogen and oxygen atoms in total. The fourth-order valence-corrected chi connectivity index (χ4v) is 2.37. The number of carbonyl (C=O) groups excluding carboxylic acids is 1. The summed E-state index contributed by atoms with van der Waals surface area (Å²) in [6.45, 7) is 0.510. The summed E-state index contributed by atoms with van der Waals surface area (Å²) in [6.07, 6.45) is 4.62. The van der Waals surface area contributed by atoms with E-state index in [9.17, 15) is 13.6 Å². The third kappa shape index (κ3) is 4.23. The van der Waals surface area contributed by atoms with Crippen LogP contribution in [0.2, 0.25) is 0 Å². The molecule has 2 rings (SSSR count). The number of carbonyl (C=O) groups is 1. The predicted molar refractivity (Wildman–Crippen MR) is 76.4 cm³/mol. The van der Waals surface area contributed by atoms with Crippen LogP contribution in [0.4, 0.5) is 8.78 Å². The van der Waals surface area contributed by atoms with Crippen molar-refractivity contribution in [3.63, 3.8) is 0 Å². The van der Waals surface area contributed by atoms with Gasteiger partial charge in [0.15, 0.2) is 0 Å². The van der Waals surface area contributed by atoms with Crippen LogP contribution in [0, 0.1) is 0 Å². The Kier molecular flexibility index (Phi) is 5.84. The summed E-state index contributed by atoms with van der Waals surface area (Å²) in [6, 6.07) is -0.441. The van der Waals surface area contributed by atoms with Crippen LogP contribution in [0.1, 0.15) is 32.1 Å². The van der Waals surface area contributed by atoms with E-state index in [4.69, 9.17) is 4.74 Å². The van der Waals surface area contributed by atoms with Crippen LogP contribution < -0.4 is 5.32 Å². The number of nitrogens with zero attached hydrogens (tertiary/aromatic N) is 3. The highest BCUT2D eigenvalue weighted by Crippen LogP contribution is 2.14. The normalized spacial score (nSPS) is 19.8. The van der Waals surface area contributed by atoms with Gasteiger partial charge in [0.25, 0.3) is 0 Å². The molecule has 8 heteroatoms. The molecule has 0 unspecified atom stereocenters. The zero-order valence-electron chi connectivity index (χ0n) is 12.8. The van der Waals surface area contributed by atoms with Crippen LogP contribution in [-0.4, -0.2) is 52.7 Å². The lowest BCUT2D eigenvalue weighted by atomic mass is 10.2. The molecule has 0 saturated carbocycles. The van der Waals surface area contributed by atoms with Gasteiger partial charge in [0.2, 0.25) is 5.91 Å². The van der Waals surface area contributed by atoms with Gasteiger partial charge < -0.3 is 10.1 Å². The molecule has 2 atom stereocenters. The maximum atomic E-state index is 12.8. The molecule has 1 aliphatic heterocycles. The molecular formula is C14H22F2N4O2. The molecule has 2 heterocycles.